The lowest BCUT2D eigenvalue weighted by Gasteiger charge is -2.13. The normalized spacial score (nSPS) is 11.5. The lowest BCUT2D eigenvalue weighted by atomic mass is 9.95. The highest BCUT2D eigenvalue weighted by Crippen LogP contribution is 2.37. The first kappa shape index (κ1) is 28.0. The van der Waals surface area contributed by atoms with E-state index in [0.29, 0.717) is 45.6 Å². The summed E-state index contributed by atoms with van der Waals surface area (Å²) >= 11 is 2.47. The molecule has 1 atom stereocenters. The van der Waals surface area contributed by atoms with Crippen LogP contribution in [0.5, 0.6) is 0 Å². The van der Waals surface area contributed by atoms with Crippen molar-refractivity contribution in [3.63, 3.8) is 0 Å². The summed E-state index contributed by atoms with van der Waals surface area (Å²) in [5, 5.41) is 43.7. The molecule has 0 aliphatic heterocycles. The van der Waals surface area contributed by atoms with Gasteiger partial charge in [0.05, 0.1) is 29.7 Å². The van der Waals surface area contributed by atoms with E-state index < -0.39 is 17.7 Å². The zero-order chi connectivity index (χ0) is 27.9. The van der Waals surface area contributed by atoms with Crippen LogP contribution in [0.1, 0.15) is 28.8 Å². The molecule has 198 valence electrons. The van der Waals surface area contributed by atoms with Crippen molar-refractivity contribution in [3.05, 3.63) is 81.9 Å². The molecule has 1 unspecified atom stereocenters. The molecular formula is C27H22F2N6O2S2. The molecule has 2 aromatic heterocycles. The molecule has 0 bridgehead atoms. The number of hydrogen-bond donors (Lipinski definition) is 4. The van der Waals surface area contributed by atoms with E-state index in [1.54, 1.807) is 17.5 Å². The fraction of sp³-hybridized carbons (Fsp3) is 0.185. The number of nitrogens with two attached hydrogens (primary N) is 1. The van der Waals surface area contributed by atoms with Crippen molar-refractivity contribution < 1.29 is 19.0 Å². The fourth-order valence-electron chi connectivity index (χ4n) is 3.73. The van der Waals surface area contributed by atoms with E-state index in [2.05, 4.69) is 27.4 Å². The summed E-state index contributed by atoms with van der Waals surface area (Å²) in [5.74, 6) is -1.09. The van der Waals surface area contributed by atoms with Gasteiger partial charge in [-0.15, -0.1) is 11.3 Å². The Morgan fingerprint density at radius 3 is 2.49 bits per heavy atom. The minimum absolute atomic E-state index is 0.00318. The number of benzene rings is 2. The molecule has 4 rings (SSSR count). The zero-order valence-corrected chi connectivity index (χ0v) is 22.0. The van der Waals surface area contributed by atoms with Gasteiger partial charge in [-0.1, -0.05) is 36.0 Å². The Bertz CT molecular complexity index is 1560. The van der Waals surface area contributed by atoms with E-state index in [0.717, 1.165) is 17.7 Å². The highest BCUT2D eigenvalue weighted by atomic mass is 32.2. The molecule has 0 aliphatic rings. The number of nitriles is 2. The average molecular weight is 565 g/mol. The van der Waals surface area contributed by atoms with Gasteiger partial charge < -0.3 is 21.3 Å². The predicted octanol–water partition coefficient (Wildman–Crippen LogP) is 5.13. The quantitative estimate of drug-likeness (QED) is 0.192. The van der Waals surface area contributed by atoms with Gasteiger partial charge in [-0.05, 0) is 36.1 Å². The summed E-state index contributed by atoms with van der Waals surface area (Å²) in [4.78, 5) is 8.73. The van der Waals surface area contributed by atoms with E-state index in [4.69, 9.17) is 10.8 Å². The molecule has 0 spiro atoms. The third-order valence-electron chi connectivity index (χ3n) is 5.72. The summed E-state index contributed by atoms with van der Waals surface area (Å²) in [6.45, 7) is -0.308. The van der Waals surface area contributed by atoms with Crippen molar-refractivity contribution in [2.75, 3.05) is 17.7 Å². The highest BCUT2D eigenvalue weighted by molar-refractivity contribution is 7.98. The Morgan fingerprint density at radius 2 is 1.82 bits per heavy atom. The number of aliphatic hydroxyl groups excluding tert-OH is 2. The molecule has 0 amide bonds. The van der Waals surface area contributed by atoms with Gasteiger partial charge in [0.1, 0.15) is 40.2 Å². The second-order valence-corrected chi connectivity index (χ2v) is 10.2. The molecule has 5 N–H and O–H groups in total. The maximum Gasteiger partial charge on any atom is 0.187 e. The molecule has 39 heavy (non-hydrogen) atoms. The molecular weight excluding hydrogens is 542 g/mol. The van der Waals surface area contributed by atoms with Gasteiger partial charge >= 0.3 is 0 Å². The average Bonchev–Trinajstić information content (AvgIpc) is 3.39. The van der Waals surface area contributed by atoms with Gasteiger partial charge in [-0.25, -0.2) is 18.7 Å². The molecule has 0 saturated carbocycles. The molecule has 0 fully saturated rings. The van der Waals surface area contributed by atoms with Crippen molar-refractivity contribution in [2.24, 2.45) is 0 Å². The number of anilines is 3. The van der Waals surface area contributed by atoms with Crippen molar-refractivity contribution in [3.8, 4) is 23.3 Å². The maximum atomic E-state index is 14.0. The second kappa shape index (κ2) is 12.7. The number of nitrogens with one attached hydrogen (secondary N) is 1. The van der Waals surface area contributed by atoms with E-state index >= 15 is 0 Å². The van der Waals surface area contributed by atoms with Gasteiger partial charge in [0.25, 0.3) is 0 Å². The topological polar surface area (TPSA) is 152 Å². The first-order chi connectivity index (χ1) is 18.8. The number of thiazole rings is 1. The van der Waals surface area contributed by atoms with Crippen LogP contribution in [0.25, 0.3) is 11.1 Å². The summed E-state index contributed by atoms with van der Waals surface area (Å²) in [6, 6.07) is 14.6. The molecule has 12 heteroatoms. The van der Waals surface area contributed by atoms with Crippen LogP contribution in [0.2, 0.25) is 0 Å². The molecule has 0 radical (unpaired) electrons. The minimum atomic E-state index is -0.798. The van der Waals surface area contributed by atoms with Crippen LogP contribution < -0.4 is 11.1 Å². The van der Waals surface area contributed by atoms with E-state index in [1.807, 2.05) is 12.1 Å². The van der Waals surface area contributed by atoms with Gasteiger partial charge in [0.15, 0.2) is 5.13 Å². The third-order valence-corrected chi connectivity index (χ3v) is 7.53. The number of aliphatic hydroxyl groups is 2. The number of thioether (sulfide) groups is 1. The van der Waals surface area contributed by atoms with Crippen LogP contribution in [-0.4, -0.2) is 32.9 Å². The number of aryl methyl sites for hydroxylation is 1. The first-order valence-electron chi connectivity index (χ1n) is 11.6. The van der Waals surface area contributed by atoms with Gasteiger partial charge in [-0.2, -0.15) is 10.5 Å². The summed E-state index contributed by atoms with van der Waals surface area (Å²) in [5.41, 5.74) is 9.07. The van der Waals surface area contributed by atoms with Gasteiger partial charge in [0, 0.05) is 22.8 Å². The Hall–Kier alpha value is -4.07. The molecule has 4 aromatic rings. The third kappa shape index (κ3) is 6.69. The van der Waals surface area contributed by atoms with E-state index in [-0.39, 0.29) is 29.2 Å². The van der Waals surface area contributed by atoms with Crippen LogP contribution in [0, 0.1) is 34.3 Å². The predicted molar refractivity (Wildman–Crippen MR) is 146 cm³/mol. The fourth-order valence-corrected chi connectivity index (χ4v) is 5.45. The smallest absolute Gasteiger partial charge is 0.187 e. The van der Waals surface area contributed by atoms with Crippen LogP contribution in [0.3, 0.4) is 0 Å². The number of hydrogen-bond acceptors (Lipinski definition) is 10. The monoisotopic (exact) mass is 564 g/mol. The van der Waals surface area contributed by atoms with Crippen molar-refractivity contribution in [1.82, 2.24) is 9.97 Å². The van der Waals surface area contributed by atoms with Crippen LogP contribution in [0.15, 0.2) is 52.9 Å². The number of nitrogens with zero attached hydrogens (tertiary/aromatic N) is 4. The number of pyridine rings is 1. The maximum absolute atomic E-state index is 14.0. The molecule has 0 aliphatic carbocycles. The Labute approximate surface area is 231 Å². The van der Waals surface area contributed by atoms with Crippen LogP contribution in [0.4, 0.5) is 25.4 Å². The van der Waals surface area contributed by atoms with Crippen LogP contribution in [-0.2, 0) is 12.2 Å². The largest absolute Gasteiger partial charge is 0.394 e. The lowest BCUT2D eigenvalue weighted by molar-refractivity contribution is 0.0886. The van der Waals surface area contributed by atoms with Crippen molar-refractivity contribution >= 4 is 39.7 Å². The molecule has 2 aromatic carbocycles. The molecule has 0 saturated heterocycles. The number of halogens is 2. The highest BCUT2D eigenvalue weighted by Gasteiger charge is 2.21. The van der Waals surface area contributed by atoms with E-state index in [1.165, 1.54) is 29.2 Å². The van der Waals surface area contributed by atoms with Gasteiger partial charge in [0.2, 0.25) is 0 Å². The zero-order valence-electron chi connectivity index (χ0n) is 20.4. The number of nitrogen functional groups attached to an aromatic ring is 1. The lowest BCUT2D eigenvalue weighted by Crippen LogP contribution is -2.12. The summed E-state index contributed by atoms with van der Waals surface area (Å²) in [6.07, 6.45) is 0.155. The van der Waals surface area contributed by atoms with Crippen molar-refractivity contribution in [1.29, 1.82) is 10.5 Å². The standard InChI is InChI=1S/C27H22F2N6O2S2/c28-17-6-8-23(22(29)9-17)34-27-33-18(14-39-27)13-38-26-21(11-31)24(20(10-30)25(32)35-26)16-4-1-15(2-5-16)3-7-19(37)12-36/h1-2,4-6,8-9,14,19,36-37H,3,7,12-13H2,(H2,32,35)(H,33,34). The van der Waals surface area contributed by atoms with Crippen molar-refractivity contribution in [2.45, 2.75) is 29.7 Å². The number of rotatable bonds is 10. The first-order valence-corrected chi connectivity index (χ1v) is 13.5. The number of aromatic nitrogens is 2. The second-order valence-electron chi connectivity index (χ2n) is 8.40. The molecule has 8 nitrogen and oxygen atoms in total. The Kier molecular flexibility index (Phi) is 9.07. The minimum Gasteiger partial charge on any atom is -0.394 e. The van der Waals surface area contributed by atoms with Gasteiger partial charge in [-0.3, -0.25) is 0 Å². The summed E-state index contributed by atoms with van der Waals surface area (Å²) in [7, 11) is 0. The Balaban J connectivity index is 1.56. The SMILES string of the molecule is N#Cc1c(N)nc(SCc2csc(Nc3ccc(F)cc3F)n2)c(C#N)c1-c1ccc(CCC(O)CO)cc1. The summed E-state index contributed by atoms with van der Waals surface area (Å²) < 4.78 is 27.1. The molecule has 2 heterocycles. The van der Waals surface area contributed by atoms with E-state index in [9.17, 15) is 24.4 Å². The Morgan fingerprint density at radius 1 is 1.08 bits per heavy atom. The van der Waals surface area contributed by atoms with Crippen LogP contribution >= 0.6 is 23.1 Å².